The van der Waals surface area contributed by atoms with Crippen molar-refractivity contribution in [1.29, 1.82) is 0 Å². The van der Waals surface area contributed by atoms with E-state index in [1.807, 2.05) is 6.07 Å². The number of terminal acetylenes is 1. The van der Waals surface area contributed by atoms with Gasteiger partial charge in [-0.15, -0.1) is 12.3 Å². The Morgan fingerprint density at radius 3 is 3.00 bits per heavy atom. The van der Waals surface area contributed by atoms with Crippen molar-refractivity contribution in [2.75, 3.05) is 6.54 Å². The number of furan rings is 1. The molecule has 3 heteroatoms. The summed E-state index contributed by atoms with van der Waals surface area (Å²) in [5, 5.41) is 3.87. The van der Waals surface area contributed by atoms with Crippen molar-refractivity contribution in [3.63, 3.8) is 0 Å². The Balaban J connectivity index is 2.63. The van der Waals surface area contributed by atoms with Gasteiger partial charge in [0.25, 0.3) is 0 Å². The minimum atomic E-state index is 0.201. The van der Waals surface area contributed by atoms with E-state index in [-0.39, 0.29) is 6.04 Å². The molecular formula is C12H16ClNO. The van der Waals surface area contributed by atoms with Gasteiger partial charge in [0.1, 0.15) is 0 Å². The lowest BCUT2D eigenvalue weighted by Crippen LogP contribution is -2.21. The van der Waals surface area contributed by atoms with Gasteiger partial charge in [-0.05, 0) is 37.1 Å². The molecule has 2 nitrogen and oxygen atoms in total. The van der Waals surface area contributed by atoms with E-state index in [0.717, 1.165) is 31.4 Å². The van der Waals surface area contributed by atoms with Crippen molar-refractivity contribution in [2.45, 2.75) is 32.2 Å². The number of halogens is 1. The SMILES string of the molecule is C#CCCC(NCCC)c1ccoc1Cl. The molecule has 82 valence electrons. The van der Waals surface area contributed by atoms with Crippen LogP contribution in [-0.4, -0.2) is 6.54 Å². The summed E-state index contributed by atoms with van der Waals surface area (Å²) in [6.07, 6.45) is 9.58. The smallest absolute Gasteiger partial charge is 0.197 e. The second-order valence-corrected chi connectivity index (χ2v) is 3.74. The lowest BCUT2D eigenvalue weighted by Gasteiger charge is -2.16. The molecule has 0 spiro atoms. The lowest BCUT2D eigenvalue weighted by atomic mass is 10.1. The Bertz CT molecular complexity index is 327. The van der Waals surface area contributed by atoms with E-state index in [4.69, 9.17) is 22.4 Å². The predicted octanol–water partition coefficient (Wildman–Crippen LogP) is 3.39. The highest BCUT2D eigenvalue weighted by Crippen LogP contribution is 2.26. The van der Waals surface area contributed by atoms with Crippen LogP contribution in [0.25, 0.3) is 0 Å². The number of hydrogen-bond donors (Lipinski definition) is 1. The van der Waals surface area contributed by atoms with Crippen LogP contribution in [0, 0.1) is 12.3 Å². The number of nitrogens with one attached hydrogen (secondary N) is 1. The summed E-state index contributed by atoms with van der Waals surface area (Å²) in [6, 6.07) is 2.10. The first-order chi connectivity index (χ1) is 7.29. The normalized spacial score (nSPS) is 12.3. The molecule has 1 unspecified atom stereocenters. The van der Waals surface area contributed by atoms with Gasteiger partial charge in [0, 0.05) is 18.0 Å². The minimum Gasteiger partial charge on any atom is -0.453 e. The molecule has 0 saturated carbocycles. The van der Waals surface area contributed by atoms with Gasteiger partial charge in [0.05, 0.1) is 6.26 Å². The highest BCUT2D eigenvalue weighted by Gasteiger charge is 2.15. The molecule has 0 aromatic carbocycles. The maximum Gasteiger partial charge on any atom is 0.197 e. The summed E-state index contributed by atoms with van der Waals surface area (Å²) in [4.78, 5) is 0. The first kappa shape index (κ1) is 12.2. The highest BCUT2D eigenvalue weighted by atomic mass is 35.5. The molecule has 1 heterocycles. The molecule has 1 N–H and O–H groups in total. The van der Waals surface area contributed by atoms with E-state index in [1.54, 1.807) is 6.26 Å². The summed E-state index contributed by atoms with van der Waals surface area (Å²) in [5.41, 5.74) is 1.00. The zero-order valence-corrected chi connectivity index (χ0v) is 9.68. The fourth-order valence-electron chi connectivity index (χ4n) is 1.47. The molecule has 0 aliphatic rings. The zero-order chi connectivity index (χ0) is 11.1. The van der Waals surface area contributed by atoms with Crippen molar-refractivity contribution in [3.05, 3.63) is 23.1 Å². The Morgan fingerprint density at radius 1 is 1.67 bits per heavy atom. The molecule has 0 aliphatic heterocycles. The summed E-state index contributed by atoms with van der Waals surface area (Å²) < 4.78 is 5.08. The molecule has 0 radical (unpaired) electrons. The molecule has 1 aromatic rings. The summed E-state index contributed by atoms with van der Waals surface area (Å²) in [5.74, 6) is 2.64. The zero-order valence-electron chi connectivity index (χ0n) is 8.92. The molecular weight excluding hydrogens is 210 g/mol. The van der Waals surface area contributed by atoms with Crippen molar-refractivity contribution in [3.8, 4) is 12.3 Å². The first-order valence-corrected chi connectivity index (χ1v) is 5.57. The molecule has 15 heavy (non-hydrogen) atoms. The van der Waals surface area contributed by atoms with Crippen molar-refractivity contribution in [2.24, 2.45) is 0 Å². The summed E-state index contributed by atoms with van der Waals surface area (Å²) in [6.45, 7) is 3.08. The number of rotatable bonds is 6. The van der Waals surface area contributed by atoms with Gasteiger partial charge in [-0.2, -0.15) is 0 Å². The number of hydrogen-bond acceptors (Lipinski definition) is 2. The topological polar surface area (TPSA) is 25.2 Å². The van der Waals surface area contributed by atoms with Crippen LogP contribution in [0.2, 0.25) is 5.22 Å². The third kappa shape index (κ3) is 3.62. The van der Waals surface area contributed by atoms with Gasteiger partial charge in [-0.25, -0.2) is 0 Å². The minimum absolute atomic E-state index is 0.201. The average molecular weight is 226 g/mol. The van der Waals surface area contributed by atoms with Crippen LogP contribution in [-0.2, 0) is 0 Å². The van der Waals surface area contributed by atoms with Crippen molar-refractivity contribution >= 4 is 11.6 Å². The van der Waals surface area contributed by atoms with Crippen LogP contribution >= 0.6 is 11.6 Å². The van der Waals surface area contributed by atoms with Gasteiger partial charge < -0.3 is 9.73 Å². The molecule has 1 aromatic heterocycles. The molecule has 0 saturated heterocycles. The highest BCUT2D eigenvalue weighted by molar-refractivity contribution is 6.29. The van der Waals surface area contributed by atoms with E-state index >= 15 is 0 Å². The van der Waals surface area contributed by atoms with E-state index in [9.17, 15) is 0 Å². The second kappa shape index (κ2) is 6.55. The maximum absolute atomic E-state index is 5.93. The molecule has 1 rings (SSSR count). The molecule has 0 bridgehead atoms. The fourth-order valence-corrected chi connectivity index (χ4v) is 1.71. The van der Waals surface area contributed by atoms with Gasteiger partial charge in [-0.3, -0.25) is 0 Å². The molecule has 0 amide bonds. The van der Waals surface area contributed by atoms with Gasteiger partial charge in [-0.1, -0.05) is 6.92 Å². The average Bonchev–Trinajstić information content (AvgIpc) is 2.65. The van der Waals surface area contributed by atoms with E-state index in [2.05, 4.69) is 18.2 Å². The van der Waals surface area contributed by atoms with E-state index < -0.39 is 0 Å². The molecule has 0 aliphatic carbocycles. The Kier molecular flexibility index (Phi) is 5.31. The summed E-state index contributed by atoms with van der Waals surface area (Å²) in [7, 11) is 0. The van der Waals surface area contributed by atoms with E-state index in [0.29, 0.717) is 5.22 Å². The van der Waals surface area contributed by atoms with Crippen LogP contribution in [0.15, 0.2) is 16.7 Å². The van der Waals surface area contributed by atoms with Crippen LogP contribution < -0.4 is 5.32 Å². The van der Waals surface area contributed by atoms with Gasteiger partial charge >= 0.3 is 0 Å². The Labute approximate surface area is 96.0 Å². The van der Waals surface area contributed by atoms with Crippen molar-refractivity contribution < 1.29 is 4.42 Å². The first-order valence-electron chi connectivity index (χ1n) is 5.19. The maximum atomic E-state index is 5.93. The molecule has 1 atom stereocenters. The molecule has 0 fully saturated rings. The van der Waals surface area contributed by atoms with Gasteiger partial charge in [0.15, 0.2) is 5.22 Å². The Hall–Kier alpha value is -0.910. The lowest BCUT2D eigenvalue weighted by molar-refractivity contribution is 0.494. The second-order valence-electron chi connectivity index (χ2n) is 3.40. The van der Waals surface area contributed by atoms with Gasteiger partial charge in [0.2, 0.25) is 0 Å². The third-order valence-corrected chi connectivity index (χ3v) is 2.55. The Morgan fingerprint density at radius 2 is 2.47 bits per heavy atom. The quantitative estimate of drug-likeness (QED) is 0.751. The predicted molar refractivity (Wildman–Crippen MR) is 62.8 cm³/mol. The monoisotopic (exact) mass is 225 g/mol. The largest absolute Gasteiger partial charge is 0.453 e. The van der Waals surface area contributed by atoms with Crippen molar-refractivity contribution in [1.82, 2.24) is 5.32 Å². The van der Waals surface area contributed by atoms with E-state index in [1.165, 1.54) is 0 Å². The standard InChI is InChI=1S/C12H16ClNO/c1-3-5-6-11(14-8-4-2)10-7-9-15-12(10)13/h1,7,9,11,14H,4-6,8H2,2H3. The van der Waals surface area contributed by atoms with Crippen LogP contribution in [0.4, 0.5) is 0 Å². The van der Waals surface area contributed by atoms with Crippen LogP contribution in [0.5, 0.6) is 0 Å². The van der Waals surface area contributed by atoms with Crippen LogP contribution in [0.3, 0.4) is 0 Å². The summed E-state index contributed by atoms with van der Waals surface area (Å²) >= 11 is 5.93. The fraction of sp³-hybridized carbons (Fsp3) is 0.500. The third-order valence-electron chi connectivity index (χ3n) is 2.24. The van der Waals surface area contributed by atoms with Crippen LogP contribution in [0.1, 0.15) is 37.8 Å².